The lowest BCUT2D eigenvalue weighted by Crippen LogP contribution is -2.44. The summed E-state index contributed by atoms with van der Waals surface area (Å²) in [4.78, 5) is 0. The molecule has 1 nitrogen and oxygen atoms in total. The maximum absolute atomic E-state index is 6.82. The molecule has 1 unspecified atom stereocenters. The summed E-state index contributed by atoms with van der Waals surface area (Å²) in [5.74, 6) is 3.62. The van der Waals surface area contributed by atoms with Gasteiger partial charge in [-0.1, -0.05) is 97.4 Å². The van der Waals surface area contributed by atoms with E-state index in [1.165, 1.54) is 43.3 Å². The van der Waals surface area contributed by atoms with Gasteiger partial charge in [0.05, 0.1) is 0 Å². The van der Waals surface area contributed by atoms with Gasteiger partial charge in [0, 0.05) is 6.10 Å². The van der Waals surface area contributed by atoms with Crippen LogP contribution in [0.2, 0.25) is 18.1 Å². The van der Waals surface area contributed by atoms with Crippen molar-refractivity contribution in [3.05, 3.63) is 47.6 Å². The van der Waals surface area contributed by atoms with Crippen molar-refractivity contribution in [1.29, 1.82) is 0 Å². The highest BCUT2D eigenvalue weighted by atomic mass is 28.4. The molecule has 0 aromatic heterocycles. The van der Waals surface area contributed by atoms with Crippen LogP contribution in [0.1, 0.15) is 107 Å². The predicted molar refractivity (Wildman–Crippen MR) is 162 cm³/mol. The fourth-order valence-corrected chi connectivity index (χ4v) is 8.31. The van der Waals surface area contributed by atoms with Crippen LogP contribution >= 0.6 is 0 Å². The summed E-state index contributed by atoms with van der Waals surface area (Å²) in [6.07, 6.45) is 20.4. The smallest absolute Gasteiger partial charge is 0.192 e. The Labute approximate surface area is 226 Å². The summed E-state index contributed by atoms with van der Waals surface area (Å²) in [5.41, 5.74) is 4.94. The monoisotopic (exact) mass is 510 g/mol. The van der Waals surface area contributed by atoms with E-state index in [1.807, 2.05) is 0 Å². The topological polar surface area (TPSA) is 9.23 Å². The van der Waals surface area contributed by atoms with Crippen molar-refractivity contribution in [2.45, 2.75) is 131 Å². The Morgan fingerprint density at radius 1 is 1.00 bits per heavy atom. The van der Waals surface area contributed by atoms with E-state index >= 15 is 0 Å². The molecule has 0 saturated heterocycles. The maximum Gasteiger partial charge on any atom is 0.192 e. The molecular formula is C34H58OSi. The normalized spacial score (nSPS) is 34.1. The quantitative estimate of drug-likeness (QED) is 0.244. The number of hydrogen-bond acceptors (Lipinski definition) is 1. The van der Waals surface area contributed by atoms with Crippen LogP contribution in [-0.4, -0.2) is 14.4 Å². The number of fused-ring (bicyclic) bond motifs is 1. The third-order valence-electron chi connectivity index (χ3n) is 10.9. The summed E-state index contributed by atoms with van der Waals surface area (Å²) < 4.78 is 6.82. The van der Waals surface area contributed by atoms with Crippen LogP contribution in [0.3, 0.4) is 0 Å². The second-order valence-electron chi connectivity index (χ2n) is 14.7. The van der Waals surface area contributed by atoms with Gasteiger partial charge in [-0.25, -0.2) is 0 Å². The Morgan fingerprint density at radius 3 is 2.33 bits per heavy atom. The Hall–Kier alpha value is -0.863. The first-order chi connectivity index (χ1) is 16.7. The average Bonchev–Trinajstić information content (AvgIpc) is 3.14. The molecule has 3 aliphatic rings. The summed E-state index contributed by atoms with van der Waals surface area (Å²) in [5, 5.41) is 0.262. The lowest BCUT2D eigenvalue weighted by Gasteiger charge is -2.44. The van der Waals surface area contributed by atoms with Crippen molar-refractivity contribution in [2.75, 3.05) is 0 Å². The minimum absolute atomic E-state index is 0.262. The Bertz CT molecular complexity index is 866. The molecule has 0 aliphatic heterocycles. The molecule has 0 aromatic carbocycles. The van der Waals surface area contributed by atoms with Gasteiger partial charge in [0.15, 0.2) is 8.32 Å². The second-order valence-corrected chi connectivity index (χ2v) is 19.5. The lowest BCUT2D eigenvalue weighted by atomic mass is 9.61. The molecule has 0 radical (unpaired) electrons. The fourth-order valence-electron chi connectivity index (χ4n) is 6.93. The lowest BCUT2D eigenvalue weighted by molar-refractivity contribution is 0.112. The minimum Gasteiger partial charge on any atom is -0.414 e. The van der Waals surface area contributed by atoms with Crippen molar-refractivity contribution in [3.8, 4) is 0 Å². The molecule has 0 N–H and O–H groups in total. The standard InChI is InChI=1S/C34H58OSi/c1-24(2)25(3)14-15-27(5)31-20-21-32-28(13-12-22-34(31,32)9)17-18-29-23-30(19-16-26(29)4)35-36(10,11)33(6,7)8/h14-15,17-18,24-25,27,30-32H,4,12-13,16,19-23H2,1-3,5-11H3/b15-14+,28-17+,29-18+/t25-,27+,30-,31+,32?,34+/m0/s1. The van der Waals surface area contributed by atoms with E-state index in [0.29, 0.717) is 23.4 Å². The fraction of sp³-hybridized carbons (Fsp3) is 0.765. The maximum atomic E-state index is 6.82. The molecule has 3 saturated carbocycles. The van der Waals surface area contributed by atoms with Crippen molar-refractivity contribution in [3.63, 3.8) is 0 Å². The molecule has 3 rings (SSSR count). The van der Waals surface area contributed by atoms with Crippen molar-refractivity contribution in [2.24, 2.45) is 35.0 Å². The molecule has 0 amide bonds. The van der Waals surface area contributed by atoms with Crippen LogP contribution in [0.25, 0.3) is 0 Å². The van der Waals surface area contributed by atoms with E-state index in [0.717, 1.165) is 37.0 Å². The Balaban J connectivity index is 1.73. The summed E-state index contributed by atoms with van der Waals surface area (Å²) in [6.45, 7) is 28.4. The zero-order chi connectivity index (χ0) is 26.9. The zero-order valence-electron chi connectivity index (χ0n) is 25.5. The SMILES string of the molecule is C=C1CC[C@H](O[Si](C)(C)C(C)(C)C)C/C1=C\C=C1/CCC[C@@]2(C)C1CC[C@@H]2[C@H](C)/C=C/[C@H](C)C(C)C. The van der Waals surface area contributed by atoms with E-state index in [-0.39, 0.29) is 5.04 Å². The van der Waals surface area contributed by atoms with E-state index in [4.69, 9.17) is 4.43 Å². The van der Waals surface area contributed by atoms with E-state index in [9.17, 15) is 0 Å². The minimum atomic E-state index is -1.74. The molecule has 36 heavy (non-hydrogen) atoms. The Kier molecular flexibility index (Phi) is 9.47. The van der Waals surface area contributed by atoms with Gasteiger partial charge < -0.3 is 4.43 Å². The number of hydrogen-bond donors (Lipinski definition) is 0. The summed E-state index contributed by atoms with van der Waals surface area (Å²) >= 11 is 0. The Morgan fingerprint density at radius 2 is 1.69 bits per heavy atom. The predicted octanol–water partition coefficient (Wildman–Crippen LogP) is 10.7. The van der Waals surface area contributed by atoms with Crippen molar-refractivity contribution >= 4 is 8.32 Å². The average molecular weight is 511 g/mol. The van der Waals surface area contributed by atoms with Gasteiger partial charge in [0.2, 0.25) is 0 Å². The third kappa shape index (κ3) is 6.58. The van der Waals surface area contributed by atoms with E-state index in [2.05, 4.69) is 99.4 Å². The van der Waals surface area contributed by atoms with Gasteiger partial charge in [-0.15, -0.1) is 0 Å². The summed E-state index contributed by atoms with van der Waals surface area (Å²) in [6, 6.07) is 0. The van der Waals surface area contributed by atoms with Gasteiger partial charge in [0.25, 0.3) is 0 Å². The van der Waals surface area contributed by atoms with Crippen molar-refractivity contribution in [1.82, 2.24) is 0 Å². The molecule has 2 heteroatoms. The van der Waals surface area contributed by atoms with Crippen LogP contribution in [-0.2, 0) is 4.43 Å². The zero-order valence-corrected chi connectivity index (χ0v) is 26.5. The largest absolute Gasteiger partial charge is 0.414 e. The van der Waals surface area contributed by atoms with Crippen LogP contribution in [0.4, 0.5) is 0 Å². The number of rotatable bonds is 7. The van der Waals surface area contributed by atoms with Crippen LogP contribution in [0.15, 0.2) is 47.6 Å². The molecule has 0 spiro atoms. The third-order valence-corrected chi connectivity index (χ3v) is 15.4. The van der Waals surface area contributed by atoms with Gasteiger partial charge in [-0.2, -0.15) is 0 Å². The molecule has 0 heterocycles. The van der Waals surface area contributed by atoms with Crippen LogP contribution in [0.5, 0.6) is 0 Å². The van der Waals surface area contributed by atoms with Crippen LogP contribution < -0.4 is 0 Å². The van der Waals surface area contributed by atoms with Gasteiger partial charge in [0.1, 0.15) is 0 Å². The molecule has 0 bridgehead atoms. The molecule has 3 aliphatic carbocycles. The van der Waals surface area contributed by atoms with Gasteiger partial charge in [-0.3, -0.25) is 0 Å². The highest BCUT2D eigenvalue weighted by Gasteiger charge is 2.50. The van der Waals surface area contributed by atoms with E-state index < -0.39 is 8.32 Å². The van der Waals surface area contributed by atoms with Gasteiger partial charge >= 0.3 is 0 Å². The summed E-state index contributed by atoms with van der Waals surface area (Å²) in [7, 11) is -1.74. The first-order valence-electron chi connectivity index (χ1n) is 15.1. The molecule has 3 fully saturated rings. The van der Waals surface area contributed by atoms with E-state index in [1.54, 1.807) is 5.57 Å². The first kappa shape index (κ1) is 29.7. The molecular weight excluding hydrogens is 452 g/mol. The van der Waals surface area contributed by atoms with Crippen molar-refractivity contribution < 1.29 is 4.43 Å². The highest BCUT2D eigenvalue weighted by Crippen LogP contribution is 2.59. The molecule has 0 aromatic rings. The highest BCUT2D eigenvalue weighted by molar-refractivity contribution is 6.74. The number of allylic oxidation sites excluding steroid dienone is 6. The molecule has 204 valence electrons. The first-order valence-corrected chi connectivity index (χ1v) is 18.0. The van der Waals surface area contributed by atoms with Gasteiger partial charge in [-0.05, 0) is 110 Å². The second kappa shape index (κ2) is 11.5. The molecule has 6 atom stereocenters. The van der Waals surface area contributed by atoms with Crippen LogP contribution in [0, 0.1) is 35.0 Å².